The summed E-state index contributed by atoms with van der Waals surface area (Å²) in [6.07, 6.45) is 1.73. The minimum absolute atomic E-state index is 0.0658. The molecule has 20 heavy (non-hydrogen) atoms. The number of carbonyl (C=O) groups excluding carboxylic acids is 1. The number of rotatable bonds is 3. The number of hydrogen-bond acceptors (Lipinski definition) is 2. The molecule has 0 saturated carbocycles. The molecule has 0 fully saturated rings. The molecule has 1 aromatic carbocycles. The van der Waals surface area contributed by atoms with Crippen LogP contribution in [0.1, 0.15) is 45.0 Å². The zero-order valence-corrected chi connectivity index (χ0v) is 13.9. The Morgan fingerprint density at radius 1 is 1.25 bits per heavy atom. The van der Waals surface area contributed by atoms with Crippen LogP contribution in [0.3, 0.4) is 0 Å². The number of ketones is 1. The molecule has 0 bridgehead atoms. The van der Waals surface area contributed by atoms with Gasteiger partial charge in [0.1, 0.15) is 0 Å². The molecule has 0 saturated heterocycles. The predicted octanol–water partition coefficient (Wildman–Crippen LogP) is 4.66. The van der Waals surface area contributed by atoms with Crippen molar-refractivity contribution in [1.29, 1.82) is 0 Å². The number of aromatic nitrogens is 1. The van der Waals surface area contributed by atoms with Crippen LogP contribution in [0.25, 0.3) is 10.9 Å². The summed E-state index contributed by atoms with van der Waals surface area (Å²) in [4.78, 5) is 15.1. The first kappa shape index (κ1) is 18.7. The quantitative estimate of drug-likeness (QED) is 0.809. The van der Waals surface area contributed by atoms with E-state index in [9.17, 15) is 4.79 Å². The van der Waals surface area contributed by atoms with Gasteiger partial charge in [0.05, 0.1) is 6.04 Å². The highest BCUT2D eigenvalue weighted by molar-refractivity contribution is 6.31. The summed E-state index contributed by atoms with van der Waals surface area (Å²) in [5, 5.41) is 4.45. The lowest BCUT2D eigenvalue weighted by Crippen LogP contribution is -2.30. The zero-order valence-electron chi connectivity index (χ0n) is 13.2. The molecule has 1 atom stereocenters. The molecule has 0 amide bonds. The largest absolute Gasteiger partial charge is 0.360 e. The van der Waals surface area contributed by atoms with Crippen LogP contribution in [0, 0.1) is 0 Å². The van der Waals surface area contributed by atoms with Crippen molar-refractivity contribution in [1.82, 2.24) is 10.3 Å². The molecule has 1 unspecified atom stereocenters. The fourth-order valence-electron chi connectivity index (χ4n) is 1.66. The highest BCUT2D eigenvalue weighted by Gasteiger charge is 2.17. The van der Waals surface area contributed by atoms with Gasteiger partial charge in [-0.2, -0.15) is 0 Å². The van der Waals surface area contributed by atoms with Crippen LogP contribution in [0.5, 0.6) is 0 Å². The van der Waals surface area contributed by atoms with Gasteiger partial charge in [-0.25, -0.2) is 0 Å². The molecule has 0 aliphatic carbocycles. The van der Waals surface area contributed by atoms with Gasteiger partial charge in [0.2, 0.25) is 0 Å². The van der Waals surface area contributed by atoms with E-state index in [1.54, 1.807) is 19.3 Å². The van der Waals surface area contributed by atoms with E-state index in [2.05, 4.69) is 10.3 Å². The number of nitrogens with one attached hydrogen (secondary N) is 2. The Morgan fingerprint density at radius 3 is 2.40 bits per heavy atom. The van der Waals surface area contributed by atoms with Crippen molar-refractivity contribution in [3.05, 3.63) is 35.0 Å². The van der Waals surface area contributed by atoms with Crippen LogP contribution in [0.4, 0.5) is 0 Å². The Labute approximate surface area is 126 Å². The molecule has 112 valence electrons. The maximum atomic E-state index is 12.0. The van der Waals surface area contributed by atoms with E-state index in [4.69, 9.17) is 11.6 Å². The number of aromatic amines is 1. The van der Waals surface area contributed by atoms with Crippen LogP contribution < -0.4 is 5.32 Å². The molecule has 2 rings (SSSR count). The Balaban J connectivity index is 0.000000829. The lowest BCUT2D eigenvalue weighted by atomic mass is 10.0. The van der Waals surface area contributed by atoms with Gasteiger partial charge in [0.15, 0.2) is 5.78 Å². The lowest BCUT2D eigenvalue weighted by molar-refractivity contribution is 0.0956. The number of carbonyl (C=O) groups is 1. The van der Waals surface area contributed by atoms with Crippen molar-refractivity contribution in [3.8, 4) is 0 Å². The van der Waals surface area contributed by atoms with E-state index in [0.29, 0.717) is 10.6 Å². The summed E-state index contributed by atoms with van der Waals surface area (Å²) in [5.41, 5.74) is 1.61. The smallest absolute Gasteiger partial charge is 0.181 e. The van der Waals surface area contributed by atoms with Crippen LogP contribution in [0.15, 0.2) is 24.4 Å². The summed E-state index contributed by atoms with van der Waals surface area (Å²) in [5.74, 6) is 0.0658. The Morgan fingerprint density at radius 2 is 1.85 bits per heavy atom. The number of H-pyrrole nitrogens is 1. The summed E-state index contributed by atoms with van der Waals surface area (Å²) in [7, 11) is 1.77. The van der Waals surface area contributed by atoms with E-state index in [1.165, 1.54) is 0 Å². The fourth-order valence-corrected chi connectivity index (χ4v) is 1.83. The van der Waals surface area contributed by atoms with E-state index >= 15 is 0 Å². The fraction of sp³-hybridized carbons (Fsp3) is 0.438. The first-order valence-corrected chi connectivity index (χ1v) is 7.49. The minimum Gasteiger partial charge on any atom is -0.360 e. The average molecular weight is 297 g/mol. The Hall–Kier alpha value is -1.32. The SMILES string of the molecule is CC.CC.CNC(C)C(=O)c1c[nH]c2ccc(Cl)cc12. The van der Waals surface area contributed by atoms with E-state index in [1.807, 2.05) is 46.8 Å². The molecule has 0 spiro atoms. The van der Waals surface area contributed by atoms with Gasteiger partial charge in [0.25, 0.3) is 0 Å². The lowest BCUT2D eigenvalue weighted by Gasteiger charge is -2.07. The molecule has 2 N–H and O–H groups in total. The van der Waals surface area contributed by atoms with Gasteiger partial charge in [-0.3, -0.25) is 4.79 Å². The van der Waals surface area contributed by atoms with Gasteiger partial charge in [-0.1, -0.05) is 39.3 Å². The van der Waals surface area contributed by atoms with Crippen molar-refractivity contribution < 1.29 is 4.79 Å². The van der Waals surface area contributed by atoms with E-state index < -0.39 is 0 Å². The van der Waals surface area contributed by atoms with Crippen molar-refractivity contribution in [3.63, 3.8) is 0 Å². The highest BCUT2D eigenvalue weighted by atomic mass is 35.5. The van der Waals surface area contributed by atoms with Crippen LogP contribution >= 0.6 is 11.6 Å². The molecule has 0 radical (unpaired) electrons. The second-order valence-corrected chi connectivity index (χ2v) is 4.20. The number of likely N-dealkylation sites (N-methyl/N-ethyl adjacent to an activating group) is 1. The number of halogens is 1. The number of benzene rings is 1. The van der Waals surface area contributed by atoms with Gasteiger partial charge in [0, 0.05) is 27.7 Å². The summed E-state index contributed by atoms with van der Waals surface area (Å²) in [6, 6.07) is 5.29. The molecule has 0 aliphatic rings. The molecular weight excluding hydrogens is 272 g/mol. The molecule has 4 heteroatoms. The third-order valence-corrected chi connectivity index (χ3v) is 2.97. The molecule has 1 heterocycles. The minimum atomic E-state index is -0.196. The standard InChI is InChI=1S/C12H13ClN2O.2C2H6/c1-7(14-2)12(16)10-6-15-11-4-3-8(13)5-9(10)11;2*1-2/h3-7,14-15H,1-2H3;2*1-2H3. The molecule has 3 nitrogen and oxygen atoms in total. The molecule has 2 aromatic rings. The van der Waals surface area contributed by atoms with E-state index in [-0.39, 0.29) is 11.8 Å². The van der Waals surface area contributed by atoms with Crippen molar-refractivity contribution in [2.75, 3.05) is 7.05 Å². The van der Waals surface area contributed by atoms with Crippen molar-refractivity contribution in [2.45, 2.75) is 40.7 Å². The summed E-state index contributed by atoms with van der Waals surface area (Å²) >= 11 is 5.92. The Bertz CT molecular complexity index is 534. The third kappa shape index (κ3) is 4.36. The van der Waals surface area contributed by atoms with Gasteiger partial charge in [-0.05, 0) is 32.2 Å². The number of Topliss-reactive ketones (excluding diaryl/α,β-unsaturated/α-hetero) is 1. The maximum Gasteiger partial charge on any atom is 0.181 e. The normalized spacial score (nSPS) is 10.9. The first-order chi connectivity index (χ1) is 9.63. The maximum absolute atomic E-state index is 12.0. The van der Waals surface area contributed by atoms with Gasteiger partial charge >= 0.3 is 0 Å². The number of fused-ring (bicyclic) bond motifs is 1. The Kier molecular flexibility index (Phi) is 8.93. The highest BCUT2D eigenvalue weighted by Crippen LogP contribution is 2.23. The van der Waals surface area contributed by atoms with Crippen LogP contribution in [0.2, 0.25) is 5.02 Å². The number of hydrogen-bond donors (Lipinski definition) is 2. The van der Waals surface area contributed by atoms with Gasteiger partial charge < -0.3 is 10.3 Å². The van der Waals surface area contributed by atoms with Crippen LogP contribution in [-0.2, 0) is 0 Å². The summed E-state index contributed by atoms with van der Waals surface area (Å²) < 4.78 is 0. The predicted molar refractivity (Wildman–Crippen MR) is 88.9 cm³/mol. The van der Waals surface area contributed by atoms with Crippen molar-refractivity contribution >= 4 is 28.3 Å². The van der Waals surface area contributed by atoms with Crippen molar-refractivity contribution in [2.24, 2.45) is 0 Å². The molecule has 1 aromatic heterocycles. The van der Waals surface area contributed by atoms with E-state index in [0.717, 1.165) is 10.9 Å². The van der Waals surface area contributed by atoms with Gasteiger partial charge in [-0.15, -0.1) is 0 Å². The topological polar surface area (TPSA) is 44.9 Å². The zero-order chi connectivity index (χ0) is 15.7. The monoisotopic (exact) mass is 296 g/mol. The third-order valence-electron chi connectivity index (χ3n) is 2.74. The second kappa shape index (κ2) is 9.56. The average Bonchev–Trinajstić information content (AvgIpc) is 2.92. The second-order valence-electron chi connectivity index (χ2n) is 3.77. The first-order valence-electron chi connectivity index (χ1n) is 7.11. The summed E-state index contributed by atoms with van der Waals surface area (Å²) in [6.45, 7) is 9.84. The molecule has 0 aliphatic heterocycles. The van der Waals surface area contributed by atoms with Crippen LogP contribution in [-0.4, -0.2) is 23.9 Å². The molecular formula is C16H25ClN2O.